The highest BCUT2D eigenvalue weighted by Crippen LogP contribution is 2.22. The Kier molecular flexibility index (Phi) is 3.94. The van der Waals surface area contributed by atoms with Crippen LogP contribution in [0.4, 0.5) is 0 Å². The minimum Gasteiger partial charge on any atom is -0.394 e. The largest absolute Gasteiger partial charge is 0.394 e. The van der Waals surface area contributed by atoms with Gasteiger partial charge >= 0.3 is 0 Å². The molecular formula is C8H17NO3. The fourth-order valence-corrected chi connectivity index (χ4v) is 1.29. The molecule has 0 amide bonds. The summed E-state index contributed by atoms with van der Waals surface area (Å²) in [6.45, 7) is 0.297. The number of aliphatic hydroxyl groups excluding tert-OH is 2. The summed E-state index contributed by atoms with van der Waals surface area (Å²) < 4.78 is 5.10. The molecule has 0 radical (unpaired) electrons. The van der Waals surface area contributed by atoms with Gasteiger partial charge in [-0.3, -0.25) is 0 Å². The SMILES string of the molecule is COC1CC(NC[C@H](O)CO)C1. The summed E-state index contributed by atoms with van der Waals surface area (Å²) in [5.41, 5.74) is 0. The summed E-state index contributed by atoms with van der Waals surface area (Å²) in [6.07, 6.45) is 1.77. The highest BCUT2D eigenvalue weighted by atomic mass is 16.5. The van der Waals surface area contributed by atoms with Crippen molar-refractivity contribution in [3.63, 3.8) is 0 Å². The zero-order chi connectivity index (χ0) is 8.97. The van der Waals surface area contributed by atoms with E-state index in [0.29, 0.717) is 18.7 Å². The van der Waals surface area contributed by atoms with Crippen molar-refractivity contribution in [2.24, 2.45) is 0 Å². The van der Waals surface area contributed by atoms with E-state index in [1.165, 1.54) is 0 Å². The summed E-state index contributed by atoms with van der Waals surface area (Å²) in [7, 11) is 1.71. The predicted octanol–water partition coefficient (Wildman–Crippen LogP) is -0.893. The van der Waals surface area contributed by atoms with Gasteiger partial charge in [-0.05, 0) is 12.8 Å². The molecule has 0 spiro atoms. The van der Waals surface area contributed by atoms with Crippen molar-refractivity contribution < 1.29 is 14.9 Å². The lowest BCUT2D eigenvalue weighted by molar-refractivity contribution is 0.0110. The molecule has 1 atom stereocenters. The van der Waals surface area contributed by atoms with E-state index in [4.69, 9.17) is 14.9 Å². The van der Waals surface area contributed by atoms with Crippen LogP contribution in [-0.2, 0) is 4.74 Å². The Morgan fingerprint density at radius 1 is 1.58 bits per heavy atom. The molecule has 0 bridgehead atoms. The van der Waals surface area contributed by atoms with Gasteiger partial charge in [0.15, 0.2) is 0 Å². The standard InChI is InChI=1S/C8H17NO3/c1-12-8-2-6(3-8)9-4-7(11)5-10/h6-11H,2-5H2,1H3/t6?,7-,8?/m0/s1. The molecule has 72 valence electrons. The molecule has 1 fully saturated rings. The van der Waals surface area contributed by atoms with Crippen molar-refractivity contribution in [3.8, 4) is 0 Å². The van der Waals surface area contributed by atoms with Crippen LogP contribution in [0, 0.1) is 0 Å². The Morgan fingerprint density at radius 3 is 2.75 bits per heavy atom. The molecule has 0 aliphatic heterocycles. The molecule has 0 aromatic rings. The van der Waals surface area contributed by atoms with E-state index < -0.39 is 6.10 Å². The van der Waals surface area contributed by atoms with Crippen molar-refractivity contribution in [2.45, 2.75) is 31.1 Å². The highest BCUT2D eigenvalue weighted by molar-refractivity contribution is 4.86. The first-order valence-corrected chi connectivity index (χ1v) is 4.31. The lowest BCUT2D eigenvalue weighted by Gasteiger charge is -2.35. The van der Waals surface area contributed by atoms with Crippen LogP contribution in [0.1, 0.15) is 12.8 Å². The first-order valence-electron chi connectivity index (χ1n) is 4.31. The lowest BCUT2D eigenvalue weighted by Crippen LogP contribution is -2.47. The van der Waals surface area contributed by atoms with Crippen LogP contribution in [0.5, 0.6) is 0 Å². The van der Waals surface area contributed by atoms with Crippen LogP contribution in [0.2, 0.25) is 0 Å². The fraction of sp³-hybridized carbons (Fsp3) is 1.00. The maximum absolute atomic E-state index is 9.01. The van der Waals surface area contributed by atoms with Crippen molar-refractivity contribution in [3.05, 3.63) is 0 Å². The van der Waals surface area contributed by atoms with Gasteiger partial charge < -0.3 is 20.3 Å². The number of nitrogens with one attached hydrogen (secondary N) is 1. The van der Waals surface area contributed by atoms with Gasteiger partial charge in [-0.25, -0.2) is 0 Å². The van der Waals surface area contributed by atoms with Gasteiger partial charge in [0, 0.05) is 19.7 Å². The van der Waals surface area contributed by atoms with E-state index in [-0.39, 0.29) is 6.61 Å². The molecule has 0 aromatic carbocycles. The predicted molar refractivity (Wildman–Crippen MR) is 44.9 cm³/mol. The van der Waals surface area contributed by atoms with Crippen LogP contribution in [0.25, 0.3) is 0 Å². The molecule has 0 aromatic heterocycles. The Hall–Kier alpha value is -0.160. The van der Waals surface area contributed by atoms with Gasteiger partial charge in [-0.2, -0.15) is 0 Å². The van der Waals surface area contributed by atoms with Crippen LogP contribution < -0.4 is 5.32 Å². The lowest BCUT2D eigenvalue weighted by atomic mass is 9.89. The van der Waals surface area contributed by atoms with E-state index in [0.717, 1.165) is 12.8 Å². The third-order valence-corrected chi connectivity index (χ3v) is 2.28. The number of hydrogen-bond donors (Lipinski definition) is 3. The first kappa shape index (κ1) is 9.92. The Bertz CT molecular complexity index is 125. The van der Waals surface area contributed by atoms with E-state index in [9.17, 15) is 0 Å². The third-order valence-electron chi connectivity index (χ3n) is 2.28. The molecule has 1 aliphatic rings. The topological polar surface area (TPSA) is 61.7 Å². The summed E-state index contributed by atoms with van der Waals surface area (Å²) in [5, 5.41) is 20.7. The molecule has 4 heteroatoms. The quantitative estimate of drug-likeness (QED) is 0.507. The zero-order valence-corrected chi connectivity index (χ0v) is 7.36. The molecule has 1 saturated carbocycles. The Morgan fingerprint density at radius 2 is 2.25 bits per heavy atom. The highest BCUT2D eigenvalue weighted by Gasteiger charge is 2.28. The molecule has 1 rings (SSSR count). The Labute approximate surface area is 72.5 Å². The first-order chi connectivity index (χ1) is 5.76. The van der Waals surface area contributed by atoms with Crippen molar-refractivity contribution in [1.82, 2.24) is 5.32 Å². The molecule has 1 aliphatic carbocycles. The van der Waals surface area contributed by atoms with Crippen LogP contribution >= 0.6 is 0 Å². The van der Waals surface area contributed by atoms with Gasteiger partial charge in [0.05, 0.1) is 18.8 Å². The number of aliphatic hydroxyl groups is 2. The summed E-state index contributed by atoms with van der Waals surface area (Å²) in [4.78, 5) is 0. The smallest absolute Gasteiger partial charge is 0.0895 e. The normalized spacial score (nSPS) is 31.2. The van der Waals surface area contributed by atoms with Gasteiger partial charge in [-0.1, -0.05) is 0 Å². The van der Waals surface area contributed by atoms with E-state index in [2.05, 4.69) is 5.32 Å². The second kappa shape index (κ2) is 4.77. The maximum atomic E-state index is 9.01. The molecule has 12 heavy (non-hydrogen) atoms. The average Bonchev–Trinajstić information content (AvgIpc) is 2.01. The second-order valence-corrected chi connectivity index (χ2v) is 3.27. The minimum atomic E-state index is -0.633. The summed E-state index contributed by atoms with van der Waals surface area (Å²) in [5.74, 6) is 0. The summed E-state index contributed by atoms with van der Waals surface area (Å²) >= 11 is 0. The van der Waals surface area contributed by atoms with Crippen LogP contribution in [0.3, 0.4) is 0 Å². The number of ether oxygens (including phenoxy) is 1. The number of methoxy groups -OCH3 is 1. The molecule has 0 saturated heterocycles. The van der Waals surface area contributed by atoms with E-state index in [1.54, 1.807) is 7.11 Å². The fourth-order valence-electron chi connectivity index (χ4n) is 1.29. The van der Waals surface area contributed by atoms with Gasteiger partial charge in [0.2, 0.25) is 0 Å². The minimum absolute atomic E-state index is 0.173. The monoisotopic (exact) mass is 175 g/mol. The van der Waals surface area contributed by atoms with Crippen molar-refractivity contribution in [1.29, 1.82) is 0 Å². The molecule has 0 unspecified atom stereocenters. The van der Waals surface area contributed by atoms with E-state index >= 15 is 0 Å². The average molecular weight is 175 g/mol. The molecule has 3 N–H and O–H groups in total. The number of rotatable bonds is 5. The Balaban J connectivity index is 1.96. The van der Waals surface area contributed by atoms with Gasteiger partial charge in [0.25, 0.3) is 0 Å². The van der Waals surface area contributed by atoms with Crippen molar-refractivity contribution in [2.75, 3.05) is 20.3 Å². The molecule has 0 heterocycles. The number of hydrogen-bond acceptors (Lipinski definition) is 4. The molecule has 4 nitrogen and oxygen atoms in total. The third kappa shape index (κ3) is 2.71. The second-order valence-electron chi connectivity index (χ2n) is 3.27. The van der Waals surface area contributed by atoms with Crippen molar-refractivity contribution >= 4 is 0 Å². The van der Waals surface area contributed by atoms with Crippen LogP contribution in [-0.4, -0.2) is 48.7 Å². The molecular weight excluding hydrogens is 158 g/mol. The van der Waals surface area contributed by atoms with Gasteiger partial charge in [0.1, 0.15) is 0 Å². The van der Waals surface area contributed by atoms with Crippen LogP contribution in [0.15, 0.2) is 0 Å². The maximum Gasteiger partial charge on any atom is 0.0895 e. The zero-order valence-electron chi connectivity index (χ0n) is 7.36. The van der Waals surface area contributed by atoms with Gasteiger partial charge in [-0.15, -0.1) is 0 Å². The summed E-state index contributed by atoms with van der Waals surface area (Å²) in [6, 6.07) is 0.455. The van der Waals surface area contributed by atoms with E-state index in [1.807, 2.05) is 0 Å².